The summed E-state index contributed by atoms with van der Waals surface area (Å²) in [5, 5.41) is 9.84. The third-order valence-electron chi connectivity index (χ3n) is 2.73. The van der Waals surface area contributed by atoms with Crippen LogP contribution in [0.25, 0.3) is 0 Å². The topological polar surface area (TPSA) is 92.7 Å². The maximum absolute atomic E-state index is 11.9. The van der Waals surface area contributed by atoms with Crippen molar-refractivity contribution in [2.45, 2.75) is 26.7 Å². The third-order valence-corrected chi connectivity index (χ3v) is 4.09. The Morgan fingerprint density at radius 1 is 1.35 bits per heavy atom. The number of nitrogens with one attached hydrogen (secondary N) is 1. The van der Waals surface area contributed by atoms with E-state index in [1.165, 1.54) is 7.11 Å². The second kappa shape index (κ2) is 6.60. The summed E-state index contributed by atoms with van der Waals surface area (Å²) in [6, 6.07) is 3.31. The zero-order chi connectivity index (χ0) is 15.3. The number of phenols is 1. The van der Waals surface area contributed by atoms with E-state index in [4.69, 9.17) is 0 Å². The molecule has 0 heterocycles. The first-order valence-corrected chi connectivity index (χ1v) is 7.78. The summed E-state index contributed by atoms with van der Waals surface area (Å²) in [7, 11) is -2.36. The van der Waals surface area contributed by atoms with E-state index in [1.807, 2.05) is 6.92 Å². The number of carbonyl (C=O) groups is 1. The predicted octanol–water partition coefficient (Wildman–Crippen LogP) is 1.70. The zero-order valence-electron chi connectivity index (χ0n) is 11.8. The molecule has 1 aromatic carbocycles. The Morgan fingerprint density at radius 2 is 2.00 bits per heavy atom. The molecule has 7 heteroatoms. The lowest BCUT2D eigenvalue weighted by Crippen LogP contribution is -2.18. The molecular formula is C13H19NO5S. The van der Waals surface area contributed by atoms with Crippen LogP contribution in [-0.2, 0) is 19.6 Å². The van der Waals surface area contributed by atoms with Crippen molar-refractivity contribution in [3.05, 3.63) is 23.3 Å². The molecule has 0 saturated heterocycles. The number of hydrogen-bond donors (Lipinski definition) is 2. The fraction of sp³-hybridized carbons (Fsp3) is 0.462. The number of aromatic hydroxyl groups is 1. The Balaban J connectivity index is 2.74. The summed E-state index contributed by atoms with van der Waals surface area (Å²) in [6.45, 7) is 3.50. The van der Waals surface area contributed by atoms with Gasteiger partial charge in [0, 0.05) is 6.42 Å². The molecule has 0 fully saturated rings. The minimum Gasteiger partial charge on any atom is -0.505 e. The van der Waals surface area contributed by atoms with Crippen molar-refractivity contribution in [2.75, 3.05) is 17.6 Å². The highest BCUT2D eigenvalue weighted by atomic mass is 32.2. The number of sulfonamides is 1. The minimum atomic E-state index is -3.61. The van der Waals surface area contributed by atoms with Crippen LogP contribution in [0.1, 0.15) is 24.0 Å². The standard InChI is InChI=1S/C13H19NO5S/c1-9-7-10(2)13(16)11(8-9)14-20(17,18)6-4-5-12(15)19-3/h7-8,14,16H,4-6H2,1-3H3. The molecule has 0 unspecified atom stereocenters. The quantitative estimate of drug-likeness (QED) is 0.616. The number of rotatable bonds is 6. The van der Waals surface area contributed by atoms with Gasteiger partial charge in [0.05, 0.1) is 18.6 Å². The highest BCUT2D eigenvalue weighted by Gasteiger charge is 2.15. The molecule has 0 radical (unpaired) electrons. The summed E-state index contributed by atoms with van der Waals surface area (Å²) in [4.78, 5) is 10.9. The molecule has 20 heavy (non-hydrogen) atoms. The molecule has 0 aromatic heterocycles. The van der Waals surface area contributed by atoms with Gasteiger partial charge in [0.2, 0.25) is 10.0 Å². The summed E-state index contributed by atoms with van der Waals surface area (Å²) in [6.07, 6.45) is 0.198. The lowest BCUT2D eigenvalue weighted by molar-refractivity contribution is -0.140. The number of esters is 1. The van der Waals surface area contributed by atoms with Gasteiger partial charge in [-0.3, -0.25) is 9.52 Å². The average molecular weight is 301 g/mol. The fourth-order valence-electron chi connectivity index (χ4n) is 1.76. The summed E-state index contributed by atoms with van der Waals surface area (Å²) in [5.41, 5.74) is 1.59. The number of phenolic OH excluding ortho intramolecular Hbond substituents is 1. The summed E-state index contributed by atoms with van der Waals surface area (Å²) in [5.74, 6) is -0.754. The minimum absolute atomic E-state index is 0.0379. The van der Waals surface area contributed by atoms with Crippen LogP contribution >= 0.6 is 0 Å². The first kappa shape index (κ1) is 16.3. The van der Waals surface area contributed by atoms with Crippen molar-refractivity contribution in [2.24, 2.45) is 0 Å². The second-order valence-corrected chi connectivity index (χ2v) is 6.42. The van der Waals surface area contributed by atoms with Crippen LogP contribution in [0.2, 0.25) is 0 Å². The summed E-state index contributed by atoms with van der Waals surface area (Å²) < 4.78 is 30.5. The van der Waals surface area contributed by atoms with Gasteiger partial charge >= 0.3 is 5.97 Å². The van der Waals surface area contributed by atoms with Crippen LogP contribution < -0.4 is 4.72 Å². The largest absolute Gasteiger partial charge is 0.505 e. The fourth-order valence-corrected chi connectivity index (χ4v) is 2.88. The van der Waals surface area contributed by atoms with Crippen molar-refractivity contribution < 1.29 is 23.1 Å². The molecule has 112 valence electrons. The second-order valence-electron chi connectivity index (χ2n) is 4.58. The van der Waals surface area contributed by atoms with Crippen LogP contribution in [0, 0.1) is 13.8 Å². The zero-order valence-corrected chi connectivity index (χ0v) is 12.6. The van der Waals surface area contributed by atoms with Crippen molar-refractivity contribution in [1.82, 2.24) is 0 Å². The highest BCUT2D eigenvalue weighted by Crippen LogP contribution is 2.29. The van der Waals surface area contributed by atoms with Gasteiger partial charge in [-0.2, -0.15) is 0 Å². The van der Waals surface area contributed by atoms with Crippen LogP contribution in [0.15, 0.2) is 12.1 Å². The lowest BCUT2D eigenvalue weighted by Gasteiger charge is -2.12. The van der Waals surface area contributed by atoms with Gasteiger partial charge in [-0.1, -0.05) is 6.07 Å². The van der Waals surface area contributed by atoms with Gasteiger partial charge in [0.1, 0.15) is 5.75 Å². The maximum Gasteiger partial charge on any atom is 0.305 e. The number of anilines is 1. The Bertz CT molecular complexity index is 595. The average Bonchev–Trinajstić information content (AvgIpc) is 2.34. The number of methoxy groups -OCH3 is 1. The van der Waals surface area contributed by atoms with Gasteiger partial charge < -0.3 is 9.84 Å². The molecule has 2 N–H and O–H groups in total. The first-order valence-electron chi connectivity index (χ1n) is 6.12. The van der Waals surface area contributed by atoms with Crippen LogP contribution in [-0.4, -0.2) is 32.4 Å². The van der Waals surface area contributed by atoms with E-state index in [0.29, 0.717) is 5.56 Å². The predicted molar refractivity (Wildman–Crippen MR) is 76.2 cm³/mol. The number of benzene rings is 1. The lowest BCUT2D eigenvalue weighted by atomic mass is 10.1. The first-order chi connectivity index (χ1) is 9.25. The Morgan fingerprint density at radius 3 is 2.60 bits per heavy atom. The van der Waals surface area contributed by atoms with Crippen LogP contribution in [0.3, 0.4) is 0 Å². The van der Waals surface area contributed by atoms with Gasteiger partial charge in [0.25, 0.3) is 0 Å². The summed E-state index contributed by atoms with van der Waals surface area (Å²) >= 11 is 0. The van der Waals surface area contributed by atoms with Gasteiger partial charge in [-0.05, 0) is 37.5 Å². The van der Waals surface area contributed by atoms with E-state index in [9.17, 15) is 18.3 Å². The van der Waals surface area contributed by atoms with E-state index in [2.05, 4.69) is 9.46 Å². The molecule has 0 saturated carbocycles. The number of carbonyl (C=O) groups excluding carboxylic acids is 1. The highest BCUT2D eigenvalue weighted by molar-refractivity contribution is 7.92. The van der Waals surface area contributed by atoms with Crippen LogP contribution in [0.4, 0.5) is 5.69 Å². The molecule has 0 atom stereocenters. The van der Waals surface area contributed by atoms with Crippen molar-refractivity contribution in [1.29, 1.82) is 0 Å². The molecule has 0 aliphatic rings. The number of hydrogen-bond acceptors (Lipinski definition) is 5. The Hall–Kier alpha value is -1.76. The van der Waals surface area contributed by atoms with Crippen molar-refractivity contribution in [3.8, 4) is 5.75 Å². The monoisotopic (exact) mass is 301 g/mol. The molecule has 0 spiro atoms. The Labute approximate surface area is 118 Å². The molecule has 1 aromatic rings. The van der Waals surface area contributed by atoms with Gasteiger partial charge in [0.15, 0.2) is 0 Å². The SMILES string of the molecule is COC(=O)CCCS(=O)(=O)Nc1cc(C)cc(C)c1O. The number of ether oxygens (including phenoxy) is 1. The molecular weight excluding hydrogens is 282 g/mol. The van der Waals surface area contributed by atoms with E-state index in [-0.39, 0.29) is 30.0 Å². The molecule has 0 bridgehead atoms. The molecule has 0 amide bonds. The molecule has 0 aliphatic carbocycles. The molecule has 6 nitrogen and oxygen atoms in total. The van der Waals surface area contributed by atoms with Gasteiger partial charge in [-0.15, -0.1) is 0 Å². The van der Waals surface area contributed by atoms with E-state index < -0.39 is 16.0 Å². The van der Waals surface area contributed by atoms with E-state index in [1.54, 1.807) is 19.1 Å². The third kappa shape index (κ3) is 4.73. The Kier molecular flexibility index (Phi) is 5.38. The van der Waals surface area contributed by atoms with Crippen molar-refractivity contribution in [3.63, 3.8) is 0 Å². The van der Waals surface area contributed by atoms with Gasteiger partial charge in [-0.25, -0.2) is 8.42 Å². The smallest absolute Gasteiger partial charge is 0.305 e. The maximum atomic E-state index is 11.9. The molecule has 1 rings (SSSR count). The van der Waals surface area contributed by atoms with E-state index >= 15 is 0 Å². The van der Waals surface area contributed by atoms with Crippen molar-refractivity contribution >= 4 is 21.7 Å². The van der Waals surface area contributed by atoms with E-state index in [0.717, 1.165) is 5.56 Å². The van der Waals surface area contributed by atoms with Crippen LogP contribution in [0.5, 0.6) is 5.75 Å². The number of aryl methyl sites for hydroxylation is 2. The molecule has 0 aliphatic heterocycles. The normalized spacial score (nSPS) is 11.2.